The van der Waals surface area contributed by atoms with E-state index in [0.29, 0.717) is 23.9 Å². The minimum Gasteiger partial charge on any atom is -0.491 e. The fourth-order valence-electron chi connectivity index (χ4n) is 4.07. The monoisotopic (exact) mass is 473 g/mol. The molecule has 33 heavy (non-hydrogen) atoms. The van der Waals surface area contributed by atoms with Gasteiger partial charge in [0.1, 0.15) is 24.3 Å². The lowest BCUT2D eigenvalue weighted by Crippen LogP contribution is -2.33. The lowest BCUT2D eigenvalue weighted by Gasteiger charge is -2.26. The number of ether oxygens (including phenoxy) is 2. The van der Waals surface area contributed by atoms with Crippen LogP contribution in [-0.2, 0) is 4.74 Å². The van der Waals surface area contributed by atoms with Gasteiger partial charge in [-0.25, -0.2) is 4.98 Å². The molecule has 2 atom stereocenters. The predicted molar refractivity (Wildman–Crippen MR) is 131 cm³/mol. The first kappa shape index (κ1) is 23.8. The van der Waals surface area contributed by atoms with Gasteiger partial charge in [-0.2, -0.15) is 9.61 Å². The summed E-state index contributed by atoms with van der Waals surface area (Å²) >= 11 is 6.43. The number of aromatic nitrogens is 3. The number of nitrogens with one attached hydrogen (secondary N) is 1. The van der Waals surface area contributed by atoms with E-state index in [4.69, 9.17) is 26.1 Å². The van der Waals surface area contributed by atoms with Gasteiger partial charge in [0, 0.05) is 42.4 Å². The maximum Gasteiger partial charge on any atom is 0.161 e. The third-order valence-corrected chi connectivity index (χ3v) is 6.18. The molecule has 2 N–H and O–H groups in total. The summed E-state index contributed by atoms with van der Waals surface area (Å²) in [5.74, 6) is 1.82. The molecule has 0 radical (unpaired) electrons. The van der Waals surface area contributed by atoms with Crippen molar-refractivity contribution in [3.8, 4) is 17.0 Å². The number of fused-ring (bicyclic) bond motifs is 1. The van der Waals surface area contributed by atoms with E-state index in [1.54, 1.807) is 13.1 Å². The normalized spacial score (nSPS) is 17.1. The maximum absolute atomic E-state index is 9.99. The van der Waals surface area contributed by atoms with Gasteiger partial charge in [-0.3, -0.25) is 0 Å². The van der Waals surface area contributed by atoms with Crippen LogP contribution in [0.1, 0.15) is 31.7 Å². The molecule has 3 aromatic rings. The average molecular weight is 474 g/mol. The number of likely N-dealkylation sites (N-methyl/N-ethyl adjacent to an activating group) is 2. The van der Waals surface area contributed by atoms with Crippen molar-refractivity contribution in [3.63, 3.8) is 0 Å². The molecule has 0 bridgehead atoms. The summed E-state index contributed by atoms with van der Waals surface area (Å²) in [6, 6.07) is 7.85. The molecule has 1 aliphatic rings. The number of halogens is 1. The van der Waals surface area contributed by atoms with Crippen molar-refractivity contribution in [3.05, 3.63) is 41.0 Å². The Morgan fingerprint density at radius 1 is 1.33 bits per heavy atom. The number of nitrogens with zero attached hydrogens (tertiary/aromatic N) is 4. The smallest absolute Gasteiger partial charge is 0.161 e. The second kappa shape index (κ2) is 10.3. The minimum atomic E-state index is -0.610. The van der Waals surface area contributed by atoms with Crippen LogP contribution in [0.4, 0.5) is 5.82 Å². The first-order valence-electron chi connectivity index (χ1n) is 11.3. The molecule has 8 nitrogen and oxygen atoms in total. The molecule has 178 valence electrons. The van der Waals surface area contributed by atoms with Crippen LogP contribution in [0.5, 0.6) is 5.75 Å². The van der Waals surface area contributed by atoms with Crippen molar-refractivity contribution in [2.75, 3.05) is 45.4 Å². The quantitative estimate of drug-likeness (QED) is 0.493. The van der Waals surface area contributed by atoms with Gasteiger partial charge in [0.15, 0.2) is 5.65 Å². The predicted octanol–water partition coefficient (Wildman–Crippen LogP) is 3.36. The molecule has 0 aliphatic carbocycles. The van der Waals surface area contributed by atoms with E-state index >= 15 is 0 Å². The third kappa shape index (κ3) is 5.24. The van der Waals surface area contributed by atoms with E-state index in [0.717, 1.165) is 41.3 Å². The highest BCUT2D eigenvalue weighted by molar-refractivity contribution is 6.31. The summed E-state index contributed by atoms with van der Waals surface area (Å²) in [5.41, 5.74) is 3.54. The second-order valence-electron chi connectivity index (χ2n) is 8.82. The van der Waals surface area contributed by atoms with Crippen LogP contribution in [0.3, 0.4) is 0 Å². The van der Waals surface area contributed by atoms with Crippen LogP contribution >= 0.6 is 11.6 Å². The molecule has 9 heteroatoms. The highest BCUT2D eigenvalue weighted by Crippen LogP contribution is 2.33. The summed E-state index contributed by atoms with van der Waals surface area (Å²) < 4.78 is 13.3. The van der Waals surface area contributed by atoms with E-state index in [2.05, 4.69) is 36.2 Å². The third-order valence-electron chi connectivity index (χ3n) is 5.97. The van der Waals surface area contributed by atoms with Crippen molar-refractivity contribution in [1.29, 1.82) is 0 Å². The number of benzene rings is 1. The Kier molecular flexibility index (Phi) is 7.38. The minimum absolute atomic E-state index is 0.170. The molecular formula is C24H32ClN5O3. The number of hydrogen-bond acceptors (Lipinski definition) is 7. The molecular weight excluding hydrogens is 442 g/mol. The highest BCUT2D eigenvalue weighted by atomic mass is 35.5. The Hall–Kier alpha value is -2.39. The number of rotatable bonds is 9. The molecule has 0 saturated carbocycles. The molecule has 1 aliphatic heterocycles. The highest BCUT2D eigenvalue weighted by Gasteiger charge is 2.25. The molecule has 1 aromatic carbocycles. The fourth-order valence-corrected chi connectivity index (χ4v) is 4.29. The molecule has 3 heterocycles. The molecule has 1 unspecified atom stereocenters. The zero-order valence-corrected chi connectivity index (χ0v) is 20.3. The molecule has 4 rings (SSSR count). The Bertz CT molecular complexity index is 1100. The van der Waals surface area contributed by atoms with Gasteiger partial charge in [0.25, 0.3) is 0 Å². The van der Waals surface area contributed by atoms with Crippen molar-refractivity contribution in [1.82, 2.24) is 19.9 Å². The number of aliphatic hydroxyl groups is 1. The Labute approximate surface area is 199 Å². The molecule has 1 fully saturated rings. The molecule has 0 spiro atoms. The summed E-state index contributed by atoms with van der Waals surface area (Å²) in [7, 11) is 3.86. The van der Waals surface area contributed by atoms with Crippen molar-refractivity contribution >= 4 is 23.1 Å². The topological polar surface area (TPSA) is 84.1 Å². The van der Waals surface area contributed by atoms with Gasteiger partial charge < -0.3 is 24.8 Å². The van der Waals surface area contributed by atoms with E-state index in [1.807, 2.05) is 28.9 Å². The van der Waals surface area contributed by atoms with Gasteiger partial charge in [-0.05, 0) is 37.6 Å². The molecule has 1 saturated heterocycles. The number of hydrogen-bond donors (Lipinski definition) is 2. The molecule has 2 aromatic heterocycles. The zero-order valence-electron chi connectivity index (χ0n) is 19.6. The van der Waals surface area contributed by atoms with Crippen LogP contribution < -0.4 is 15.0 Å². The SMILES string of the molecule is CNCC(O)COc1cc(Cl)cc(-c2cc(N(C)[C@@H]3CCOC3)n3ncc(C(C)C)c3n2)c1. The summed E-state index contributed by atoms with van der Waals surface area (Å²) in [6.45, 7) is 6.36. The average Bonchev–Trinajstić information content (AvgIpc) is 3.46. The van der Waals surface area contributed by atoms with E-state index < -0.39 is 6.10 Å². The van der Waals surface area contributed by atoms with Gasteiger partial charge in [0.05, 0.1) is 24.5 Å². The van der Waals surface area contributed by atoms with Crippen LogP contribution in [0.2, 0.25) is 5.02 Å². The van der Waals surface area contributed by atoms with Crippen LogP contribution in [-0.4, -0.2) is 72.3 Å². The first-order chi connectivity index (χ1) is 15.9. The van der Waals surface area contributed by atoms with Crippen molar-refractivity contribution < 1.29 is 14.6 Å². The summed E-state index contributed by atoms with van der Waals surface area (Å²) in [6.07, 6.45) is 2.26. The Morgan fingerprint density at radius 3 is 2.85 bits per heavy atom. The van der Waals surface area contributed by atoms with E-state index in [9.17, 15) is 5.11 Å². The Morgan fingerprint density at radius 2 is 2.15 bits per heavy atom. The molecule has 0 amide bonds. The zero-order chi connectivity index (χ0) is 23.5. The van der Waals surface area contributed by atoms with Crippen molar-refractivity contribution in [2.24, 2.45) is 0 Å². The van der Waals surface area contributed by atoms with Gasteiger partial charge in [-0.1, -0.05) is 25.4 Å². The van der Waals surface area contributed by atoms with Crippen LogP contribution in [0, 0.1) is 0 Å². The lowest BCUT2D eigenvalue weighted by molar-refractivity contribution is 0.108. The Balaban J connectivity index is 1.76. The van der Waals surface area contributed by atoms with Gasteiger partial charge in [0.2, 0.25) is 0 Å². The van der Waals surface area contributed by atoms with Crippen LogP contribution in [0.25, 0.3) is 16.9 Å². The van der Waals surface area contributed by atoms with Crippen molar-refractivity contribution in [2.45, 2.75) is 38.3 Å². The van der Waals surface area contributed by atoms with Gasteiger partial charge in [-0.15, -0.1) is 0 Å². The first-order valence-corrected chi connectivity index (χ1v) is 11.7. The standard InChI is InChI=1S/C24H32ClN5O3/c1-15(2)21-12-27-30-23(29(4)18-5-6-32-13-18)10-22(28-24(21)30)16-7-17(25)9-20(8-16)33-14-19(31)11-26-3/h7-10,12,15,18-19,26,31H,5-6,11,13-14H2,1-4H3/t18-,19?/m1/s1. The summed E-state index contributed by atoms with van der Waals surface area (Å²) in [5, 5.41) is 18.1. The summed E-state index contributed by atoms with van der Waals surface area (Å²) in [4.78, 5) is 7.19. The number of aliphatic hydroxyl groups excluding tert-OH is 1. The lowest BCUT2D eigenvalue weighted by atomic mass is 10.1. The number of anilines is 1. The van der Waals surface area contributed by atoms with Gasteiger partial charge >= 0.3 is 0 Å². The largest absolute Gasteiger partial charge is 0.491 e. The fraction of sp³-hybridized carbons (Fsp3) is 0.500. The van der Waals surface area contributed by atoms with Crippen LogP contribution in [0.15, 0.2) is 30.5 Å². The second-order valence-corrected chi connectivity index (χ2v) is 9.25. The van der Waals surface area contributed by atoms with E-state index in [-0.39, 0.29) is 18.6 Å². The van der Waals surface area contributed by atoms with E-state index in [1.165, 1.54) is 0 Å². The maximum atomic E-state index is 9.99.